The fourth-order valence-electron chi connectivity index (χ4n) is 3.04. The zero-order valence-corrected chi connectivity index (χ0v) is 19.6. The van der Waals surface area contributed by atoms with E-state index in [4.69, 9.17) is 18.3 Å². The number of sulfonamides is 1. The van der Waals surface area contributed by atoms with Crippen molar-refractivity contribution in [3.05, 3.63) is 66.2 Å². The SMILES string of the molecule is CCOP(=O)(OCC)Oc1cccc2c(OC)ccc(C=NS(=O)(=O)c3ccccc3)c12. The largest absolute Gasteiger partial charge is 0.530 e. The van der Waals surface area contributed by atoms with E-state index in [0.717, 1.165) is 0 Å². The van der Waals surface area contributed by atoms with E-state index in [-0.39, 0.29) is 23.9 Å². The van der Waals surface area contributed by atoms with Crippen molar-refractivity contribution in [2.24, 2.45) is 4.40 Å². The maximum atomic E-state index is 13.0. The number of phosphoric ester groups is 1. The molecule has 0 atom stereocenters. The molecule has 0 aromatic heterocycles. The van der Waals surface area contributed by atoms with E-state index in [1.165, 1.54) is 25.5 Å². The Morgan fingerprint density at radius 1 is 0.906 bits per heavy atom. The molecule has 3 aromatic rings. The monoisotopic (exact) mass is 477 g/mol. The molecule has 0 heterocycles. The molecule has 0 spiro atoms. The molecule has 0 saturated heterocycles. The third kappa shape index (κ3) is 5.37. The normalized spacial score (nSPS) is 12.3. The predicted molar refractivity (Wildman–Crippen MR) is 123 cm³/mol. The summed E-state index contributed by atoms with van der Waals surface area (Å²) in [6.45, 7) is 3.59. The molecule has 0 aliphatic carbocycles. The van der Waals surface area contributed by atoms with Gasteiger partial charge in [-0.1, -0.05) is 30.3 Å². The molecule has 0 N–H and O–H groups in total. The Morgan fingerprint density at radius 3 is 2.22 bits per heavy atom. The van der Waals surface area contributed by atoms with Crippen molar-refractivity contribution in [1.29, 1.82) is 0 Å². The van der Waals surface area contributed by atoms with Gasteiger partial charge in [-0.2, -0.15) is 12.8 Å². The molecule has 170 valence electrons. The second kappa shape index (κ2) is 10.3. The van der Waals surface area contributed by atoms with Crippen molar-refractivity contribution in [1.82, 2.24) is 0 Å². The van der Waals surface area contributed by atoms with Crippen LogP contribution in [0.3, 0.4) is 0 Å². The number of hydrogen-bond acceptors (Lipinski definition) is 7. The lowest BCUT2D eigenvalue weighted by Crippen LogP contribution is -2.03. The molecule has 10 heteroatoms. The predicted octanol–water partition coefficient (Wildman–Crippen LogP) is 5.22. The average Bonchev–Trinajstić information content (AvgIpc) is 2.78. The van der Waals surface area contributed by atoms with Crippen molar-refractivity contribution in [3.63, 3.8) is 0 Å². The summed E-state index contributed by atoms with van der Waals surface area (Å²) < 4.78 is 63.6. The van der Waals surface area contributed by atoms with Crippen LogP contribution < -0.4 is 9.26 Å². The molecule has 0 aliphatic heterocycles. The first kappa shape index (κ1) is 23.9. The summed E-state index contributed by atoms with van der Waals surface area (Å²) >= 11 is 0. The number of rotatable bonds is 10. The third-order valence-corrected chi connectivity index (χ3v) is 7.19. The van der Waals surface area contributed by atoms with Gasteiger partial charge in [0.15, 0.2) is 0 Å². The van der Waals surface area contributed by atoms with Gasteiger partial charge in [-0.15, -0.1) is 0 Å². The van der Waals surface area contributed by atoms with Crippen molar-refractivity contribution in [2.75, 3.05) is 20.3 Å². The number of hydrogen-bond donors (Lipinski definition) is 0. The van der Waals surface area contributed by atoms with Crippen molar-refractivity contribution in [3.8, 4) is 11.5 Å². The minimum atomic E-state index is -3.91. The van der Waals surface area contributed by atoms with Gasteiger partial charge in [0.25, 0.3) is 10.0 Å². The highest BCUT2D eigenvalue weighted by Gasteiger charge is 2.28. The Hall–Kier alpha value is -2.71. The molecule has 0 radical (unpaired) electrons. The average molecular weight is 477 g/mol. The van der Waals surface area contributed by atoms with Crippen molar-refractivity contribution >= 4 is 34.8 Å². The number of nitrogens with zero attached hydrogens (tertiary/aromatic N) is 1. The van der Waals surface area contributed by atoms with Gasteiger partial charge >= 0.3 is 7.82 Å². The molecular formula is C22H24NO7PS. The lowest BCUT2D eigenvalue weighted by molar-refractivity contribution is 0.168. The highest BCUT2D eigenvalue weighted by molar-refractivity contribution is 7.90. The smallest absolute Gasteiger partial charge is 0.496 e. The second-order valence-corrected chi connectivity index (χ2v) is 9.66. The van der Waals surface area contributed by atoms with E-state index in [2.05, 4.69) is 4.40 Å². The highest BCUT2D eigenvalue weighted by atomic mass is 32.2. The van der Waals surface area contributed by atoms with E-state index in [0.29, 0.717) is 22.1 Å². The van der Waals surface area contributed by atoms with E-state index < -0.39 is 17.8 Å². The Kier molecular flexibility index (Phi) is 7.69. The Labute approximate surface area is 187 Å². The molecule has 8 nitrogen and oxygen atoms in total. The minimum Gasteiger partial charge on any atom is -0.496 e. The fraction of sp³-hybridized carbons (Fsp3) is 0.227. The third-order valence-electron chi connectivity index (χ3n) is 4.37. The van der Waals surface area contributed by atoms with Crippen molar-refractivity contribution < 1.29 is 31.3 Å². The standard InChI is InChI=1S/C22H24NO7PS/c1-4-28-31(24,29-5-2)30-21-13-9-12-19-20(27-3)15-14-17(22(19)21)16-23-32(25,26)18-10-7-6-8-11-18/h6-16H,4-5H2,1-3H3. The summed E-state index contributed by atoms with van der Waals surface area (Å²) in [4.78, 5) is 0.0720. The van der Waals surface area contributed by atoms with Gasteiger partial charge in [0.1, 0.15) is 11.5 Å². The first-order chi connectivity index (χ1) is 15.3. The maximum Gasteiger partial charge on any atom is 0.530 e. The molecule has 3 aromatic carbocycles. The highest BCUT2D eigenvalue weighted by Crippen LogP contribution is 2.51. The van der Waals surface area contributed by atoms with Gasteiger partial charge in [0.05, 0.1) is 25.2 Å². The van der Waals surface area contributed by atoms with E-state index in [1.54, 1.807) is 62.4 Å². The molecule has 0 amide bonds. The molecule has 0 fully saturated rings. The molecule has 3 rings (SSSR count). The van der Waals surface area contributed by atoms with Gasteiger partial charge in [0, 0.05) is 22.6 Å². The first-order valence-corrected chi connectivity index (χ1v) is 12.8. The number of phosphoric acid groups is 1. The summed E-state index contributed by atoms with van der Waals surface area (Å²) in [5.41, 5.74) is 0.426. The van der Waals surface area contributed by atoms with Crippen LogP contribution in [0, 0.1) is 0 Å². The van der Waals surface area contributed by atoms with Crippen LogP contribution in [-0.4, -0.2) is 35.0 Å². The van der Waals surface area contributed by atoms with Crippen LogP contribution >= 0.6 is 7.82 Å². The summed E-state index contributed by atoms with van der Waals surface area (Å²) in [6.07, 6.45) is 1.23. The Morgan fingerprint density at radius 2 is 1.59 bits per heavy atom. The molecule has 0 saturated carbocycles. The van der Waals surface area contributed by atoms with Crippen LogP contribution in [-0.2, 0) is 23.6 Å². The van der Waals surface area contributed by atoms with Crippen LogP contribution in [0.5, 0.6) is 11.5 Å². The number of fused-ring (bicyclic) bond motifs is 1. The first-order valence-electron chi connectivity index (χ1n) is 9.87. The maximum absolute atomic E-state index is 13.0. The van der Waals surface area contributed by atoms with Crippen molar-refractivity contribution in [2.45, 2.75) is 18.7 Å². The Balaban J connectivity index is 2.14. The molecule has 0 unspecified atom stereocenters. The van der Waals surface area contributed by atoms with Crippen LogP contribution in [0.4, 0.5) is 0 Å². The topological polar surface area (TPSA) is 100 Å². The van der Waals surface area contributed by atoms with Crippen LogP contribution in [0.15, 0.2) is 70.0 Å². The van der Waals surface area contributed by atoms with Gasteiger partial charge in [-0.25, -0.2) is 4.57 Å². The summed E-state index contributed by atoms with van der Waals surface area (Å²) in [5, 5.41) is 1.07. The quantitative estimate of drug-likeness (QED) is 0.292. The minimum absolute atomic E-state index is 0.0720. The molecular weight excluding hydrogens is 453 g/mol. The number of benzene rings is 3. The van der Waals surface area contributed by atoms with Crippen LogP contribution in [0.25, 0.3) is 10.8 Å². The lowest BCUT2D eigenvalue weighted by Gasteiger charge is -2.19. The zero-order valence-electron chi connectivity index (χ0n) is 17.9. The zero-order chi connectivity index (χ0) is 23.2. The summed E-state index contributed by atoms with van der Waals surface area (Å²) in [7, 11) is -6.29. The van der Waals surface area contributed by atoms with Gasteiger partial charge < -0.3 is 9.26 Å². The molecule has 32 heavy (non-hydrogen) atoms. The van der Waals surface area contributed by atoms with Gasteiger partial charge in [-0.3, -0.25) is 9.05 Å². The molecule has 0 aliphatic rings. The van der Waals surface area contributed by atoms with Gasteiger partial charge in [0.2, 0.25) is 0 Å². The van der Waals surface area contributed by atoms with E-state index >= 15 is 0 Å². The van der Waals surface area contributed by atoms with Crippen LogP contribution in [0.1, 0.15) is 19.4 Å². The van der Waals surface area contributed by atoms with E-state index in [9.17, 15) is 13.0 Å². The van der Waals surface area contributed by atoms with Crippen LogP contribution in [0.2, 0.25) is 0 Å². The van der Waals surface area contributed by atoms with E-state index in [1.807, 2.05) is 0 Å². The number of ether oxygens (including phenoxy) is 1. The fourth-order valence-corrected chi connectivity index (χ4v) is 5.12. The summed E-state index contributed by atoms with van der Waals surface area (Å²) in [6, 6.07) is 16.3. The van der Waals surface area contributed by atoms with Gasteiger partial charge in [-0.05, 0) is 44.2 Å². The number of methoxy groups -OCH3 is 1. The molecule has 0 bridgehead atoms. The lowest BCUT2D eigenvalue weighted by atomic mass is 10.0. The Bertz CT molecular complexity index is 1250. The second-order valence-electron chi connectivity index (χ2n) is 6.43. The summed E-state index contributed by atoms with van der Waals surface area (Å²) in [5.74, 6) is 0.710.